The summed E-state index contributed by atoms with van der Waals surface area (Å²) >= 11 is 0. The number of nitrogens with one attached hydrogen (secondary N) is 1. The van der Waals surface area contributed by atoms with E-state index in [1.807, 2.05) is 13.0 Å². The summed E-state index contributed by atoms with van der Waals surface area (Å²) in [5.41, 5.74) is 8.99. The predicted octanol–water partition coefficient (Wildman–Crippen LogP) is 4.20. The highest BCUT2D eigenvalue weighted by molar-refractivity contribution is 5.56. The van der Waals surface area contributed by atoms with Gasteiger partial charge in [0.2, 0.25) is 0 Å². The molecule has 0 bridgehead atoms. The van der Waals surface area contributed by atoms with E-state index < -0.39 is 0 Å². The molecule has 17 heavy (non-hydrogen) atoms. The molecule has 1 rings (SSSR count). The van der Waals surface area contributed by atoms with Gasteiger partial charge in [-0.15, -0.1) is 0 Å². The number of nitrogen functional groups attached to an aromatic ring is 1. The van der Waals surface area contributed by atoms with E-state index in [0.29, 0.717) is 6.04 Å². The molecule has 1 aromatic carbocycles. The fourth-order valence-electron chi connectivity index (χ4n) is 1.95. The van der Waals surface area contributed by atoms with Gasteiger partial charge in [0.25, 0.3) is 0 Å². The van der Waals surface area contributed by atoms with E-state index in [-0.39, 0.29) is 0 Å². The minimum absolute atomic E-state index is 0.525. The van der Waals surface area contributed by atoms with Crippen LogP contribution in [0.4, 0.5) is 11.4 Å². The third-order valence-electron chi connectivity index (χ3n) is 3.10. The molecule has 0 heterocycles. The summed E-state index contributed by atoms with van der Waals surface area (Å²) in [6.07, 6.45) is 3.83. The fourth-order valence-corrected chi connectivity index (χ4v) is 1.95. The highest BCUT2D eigenvalue weighted by Crippen LogP contribution is 2.18. The van der Waals surface area contributed by atoms with Crippen molar-refractivity contribution in [1.29, 1.82) is 0 Å². The SMILES string of the molecule is Cc1cc(NC(C)CCCC(C)C)ccc1N. The fraction of sp³-hybridized carbons (Fsp3) is 0.600. The Morgan fingerprint density at radius 3 is 2.47 bits per heavy atom. The van der Waals surface area contributed by atoms with E-state index in [1.165, 1.54) is 24.9 Å². The van der Waals surface area contributed by atoms with Crippen LogP contribution in [0.15, 0.2) is 18.2 Å². The first-order chi connectivity index (χ1) is 7.99. The first-order valence-electron chi connectivity index (χ1n) is 6.61. The third kappa shape index (κ3) is 5.12. The van der Waals surface area contributed by atoms with E-state index >= 15 is 0 Å². The van der Waals surface area contributed by atoms with Crippen LogP contribution < -0.4 is 11.1 Å². The molecule has 0 saturated heterocycles. The Morgan fingerprint density at radius 1 is 1.18 bits per heavy atom. The monoisotopic (exact) mass is 234 g/mol. The molecule has 2 heteroatoms. The lowest BCUT2D eigenvalue weighted by Gasteiger charge is -2.16. The minimum Gasteiger partial charge on any atom is -0.399 e. The van der Waals surface area contributed by atoms with Crippen LogP contribution >= 0.6 is 0 Å². The van der Waals surface area contributed by atoms with Gasteiger partial charge in [-0.1, -0.05) is 26.7 Å². The van der Waals surface area contributed by atoms with Crippen LogP contribution in [0.1, 0.15) is 45.6 Å². The van der Waals surface area contributed by atoms with Crippen molar-refractivity contribution in [3.8, 4) is 0 Å². The number of hydrogen-bond donors (Lipinski definition) is 2. The second kappa shape index (κ2) is 6.53. The van der Waals surface area contributed by atoms with Crippen LogP contribution in [0, 0.1) is 12.8 Å². The van der Waals surface area contributed by atoms with Crippen molar-refractivity contribution >= 4 is 11.4 Å². The van der Waals surface area contributed by atoms with Crippen LogP contribution in [0.2, 0.25) is 0 Å². The Balaban J connectivity index is 2.39. The van der Waals surface area contributed by atoms with Crippen molar-refractivity contribution in [2.24, 2.45) is 5.92 Å². The average molecular weight is 234 g/mol. The molecule has 1 atom stereocenters. The van der Waals surface area contributed by atoms with E-state index in [2.05, 4.69) is 38.2 Å². The smallest absolute Gasteiger partial charge is 0.0346 e. The molecule has 96 valence electrons. The summed E-state index contributed by atoms with van der Waals surface area (Å²) in [7, 11) is 0. The zero-order chi connectivity index (χ0) is 12.8. The molecule has 0 aromatic heterocycles. The number of rotatable bonds is 6. The molecule has 2 nitrogen and oxygen atoms in total. The molecule has 0 aliphatic rings. The number of anilines is 2. The highest BCUT2D eigenvalue weighted by Gasteiger charge is 2.04. The molecule has 0 saturated carbocycles. The molecule has 0 fully saturated rings. The maximum atomic E-state index is 5.81. The van der Waals surface area contributed by atoms with Crippen molar-refractivity contribution < 1.29 is 0 Å². The van der Waals surface area contributed by atoms with E-state index in [1.54, 1.807) is 0 Å². The summed E-state index contributed by atoms with van der Waals surface area (Å²) in [5.74, 6) is 0.806. The number of benzene rings is 1. The lowest BCUT2D eigenvalue weighted by molar-refractivity contribution is 0.520. The van der Waals surface area contributed by atoms with Gasteiger partial charge in [0, 0.05) is 17.4 Å². The largest absolute Gasteiger partial charge is 0.399 e. The topological polar surface area (TPSA) is 38.0 Å². The Kier molecular flexibility index (Phi) is 5.33. The number of aryl methyl sites for hydroxylation is 1. The van der Waals surface area contributed by atoms with Crippen molar-refractivity contribution in [1.82, 2.24) is 0 Å². The van der Waals surface area contributed by atoms with Crippen LogP contribution in [0.3, 0.4) is 0 Å². The minimum atomic E-state index is 0.525. The summed E-state index contributed by atoms with van der Waals surface area (Å²) in [6.45, 7) is 8.85. The number of hydrogen-bond acceptors (Lipinski definition) is 2. The first-order valence-corrected chi connectivity index (χ1v) is 6.61. The predicted molar refractivity (Wildman–Crippen MR) is 77.4 cm³/mol. The molecule has 0 spiro atoms. The zero-order valence-corrected chi connectivity index (χ0v) is 11.6. The van der Waals surface area contributed by atoms with Gasteiger partial charge in [0.1, 0.15) is 0 Å². The second-order valence-corrected chi connectivity index (χ2v) is 5.44. The molecule has 1 aromatic rings. The Labute approximate surface area is 106 Å². The lowest BCUT2D eigenvalue weighted by Crippen LogP contribution is -2.15. The standard InChI is InChI=1S/C15H26N2/c1-11(2)6-5-7-13(4)17-14-8-9-15(16)12(3)10-14/h8-11,13,17H,5-7,16H2,1-4H3. The van der Waals surface area contributed by atoms with E-state index in [4.69, 9.17) is 5.73 Å². The lowest BCUT2D eigenvalue weighted by atomic mass is 10.0. The van der Waals surface area contributed by atoms with Gasteiger partial charge >= 0.3 is 0 Å². The molecular formula is C15H26N2. The van der Waals surface area contributed by atoms with Crippen molar-refractivity contribution in [3.05, 3.63) is 23.8 Å². The van der Waals surface area contributed by atoms with Crippen LogP contribution in [-0.4, -0.2) is 6.04 Å². The molecule has 1 unspecified atom stereocenters. The van der Waals surface area contributed by atoms with Crippen LogP contribution in [0.25, 0.3) is 0 Å². The van der Waals surface area contributed by atoms with E-state index in [0.717, 1.165) is 17.2 Å². The molecular weight excluding hydrogens is 208 g/mol. The second-order valence-electron chi connectivity index (χ2n) is 5.44. The van der Waals surface area contributed by atoms with Gasteiger partial charge in [0.15, 0.2) is 0 Å². The maximum absolute atomic E-state index is 5.81. The Bertz CT molecular complexity index is 345. The summed E-state index contributed by atoms with van der Waals surface area (Å²) in [6, 6.07) is 6.67. The summed E-state index contributed by atoms with van der Waals surface area (Å²) in [5, 5.41) is 3.53. The van der Waals surface area contributed by atoms with Gasteiger partial charge in [-0.2, -0.15) is 0 Å². The molecule has 0 aliphatic carbocycles. The van der Waals surface area contributed by atoms with E-state index in [9.17, 15) is 0 Å². The molecule has 3 N–H and O–H groups in total. The quantitative estimate of drug-likeness (QED) is 0.724. The zero-order valence-electron chi connectivity index (χ0n) is 11.6. The van der Waals surface area contributed by atoms with Gasteiger partial charge in [0.05, 0.1) is 0 Å². The van der Waals surface area contributed by atoms with Gasteiger partial charge in [-0.05, 0) is 49.9 Å². The van der Waals surface area contributed by atoms with Gasteiger partial charge in [-0.3, -0.25) is 0 Å². The Morgan fingerprint density at radius 2 is 1.88 bits per heavy atom. The van der Waals surface area contributed by atoms with Crippen molar-refractivity contribution in [3.63, 3.8) is 0 Å². The highest BCUT2D eigenvalue weighted by atomic mass is 14.9. The van der Waals surface area contributed by atoms with Crippen LogP contribution in [0.5, 0.6) is 0 Å². The number of nitrogens with two attached hydrogens (primary N) is 1. The van der Waals surface area contributed by atoms with Crippen molar-refractivity contribution in [2.75, 3.05) is 11.1 Å². The third-order valence-corrected chi connectivity index (χ3v) is 3.10. The normalized spacial score (nSPS) is 12.8. The van der Waals surface area contributed by atoms with Gasteiger partial charge < -0.3 is 11.1 Å². The van der Waals surface area contributed by atoms with Crippen molar-refractivity contribution in [2.45, 2.75) is 53.0 Å². The first kappa shape index (κ1) is 13.9. The average Bonchev–Trinajstić information content (AvgIpc) is 2.23. The molecule has 0 radical (unpaired) electrons. The molecule has 0 amide bonds. The van der Waals surface area contributed by atoms with Gasteiger partial charge in [-0.25, -0.2) is 0 Å². The van der Waals surface area contributed by atoms with Crippen LogP contribution in [-0.2, 0) is 0 Å². The molecule has 0 aliphatic heterocycles. The maximum Gasteiger partial charge on any atom is 0.0346 e. The Hall–Kier alpha value is -1.18. The summed E-state index contributed by atoms with van der Waals surface area (Å²) in [4.78, 5) is 0. The summed E-state index contributed by atoms with van der Waals surface area (Å²) < 4.78 is 0.